The van der Waals surface area contributed by atoms with Crippen LogP contribution in [0.3, 0.4) is 0 Å². The van der Waals surface area contributed by atoms with Gasteiger partial charge in [-0.05, 0) is 54.1 Å². The minimum absolute atomic E-state index is 0.0791. The predicted molar refractivity (Wildman–Crippen MR) is 117 cm³/mol. The van der Waals surface area contributed by atoms with Crippen molar-refractivity contribution in [3.05, 3.63) is 80.4 Å². The molecule has 140 valence electrons. The summed E-state index contributed by atoms with van der Waals surface area (Å²) in [6.07, 6.45) is 0.906. The molecule has 0 saturated heterocycles. The van der Waals surface area contributed by atoms with E-state index >= 15 is 0 Å². The number of halogens is 1. The average molecular weight is 427 g/mol. The molecule has 0 radical (unpaired) electrons. The van der Waals surface area contributed by atoms with Crippen LogP contribution in [0.1, 0.15) is 10.4 Å². The highest BCUT2D eigenvalue weighted by molar-refractivity contribution is 7.98. The van der Waals surface area contributed by atoms with Gasteiger partial charge in [-0.2, -0.15) is 16.7 Å². The molecule has 4 aromatic rings. The van der Waals surface area contributed by atoms with Gasteiger partial charge in [0.25, 0.3) is 5.56 Å². The molecular formula is C21H15ClN2O2S2. The zero-order valence-corrected chi connectivity index (χ0v) is 17.1. The number of aromatic nitrogens is 2. The normalized spacial score (nSPS) is 13.5. The van der Waals surface area contributed by atoms with Crippen LogP contribution in [0.25, 0.3) is 15.9 Å². The topological polar surface area (TPSA) is 44.1 Å². The molecule has 7 heteroatoms. The van der Waals surface area contributed by atoms with Crippen molar-refractivity contribution in [1.82, 2.24) is 9.55 Å². The van der Waals surface area contributed by atoms with Crippen LogP contribution in [0.15, 0.2) is 59.4 Å². The third kappa shape index (κ3) is 3.11. The minimum Gasteiger partial charge on any atom is -0.425 e. The number of aryl methyl sites for hydroxylation is 1. The number of thiophene rings is 1. The Hall–Kier alpha value is -2.28. The van der Waals surface area contributed by atoms with Crippen molar-refractivity contribution in [2.75, 3.05) is 5.75 Å². The summed E-state index contributed by atoms with van der Waals surface area (Å²) in [6.45, 7) is 0. The van der Waals surface area contributed by atoms with Crippen molar-refractivity contribution in [3.63, 3.8) is 0 Å². The van der Waals surface area contributed by atoms with E-state index in [0.29, 0.717) is 10.8 Å². The lowest BCUT2D eigenvalue weighted by Gasteiger charge is -2.14. The molecule has 3 heterocycles. The number of thioether (sulfide) groups is 1. The fourth-order valence-electron chi connectivity index (χ4n) is 3.33. The first-order valence-electron chi connectivity index (χ1n) is 8.84. The second kappa shape index (κ2) is 7.28. The van der Waals surface area contributed by atoms with Gasteiger partial charge in [0.05, 0.1) is 11.1 Å². The molecule has 0 aliphatic carbocycles. The fourth-order valence-corrected chi connectivity index (χ4v) is 5.80. The Morgan fingerprint density at radius 3 is 2.64 bits per heavy atom. The van der Waals surface area contributed by atoms with Crippen LogP contribution >= 0.6 is 34.7 Å². The van der Waals surface area contributed by atoms with E-state index in [1.807, 2.05) is 42.1 Å². The van der Waals surface area contributed by atoms with Crippen LogP contribution in [0.4, 0.5) is 0 Å². The number of hydrogen-bond acceptors (Lipinski definition) is 5. The SMILES string of the molecule is O=c1c2c3c(sc2nc(Oc2ccc(Cl)cc2)n1-c1ccccc1)CSCC3. The van der Waals surface area contributed by atoms with E-state index in [4.69, 9.17) is 21.3 Å². The first kappa shape index (κ1) is 17.8. The summed E-state index contributed by atoms with van der Waals surface area (Å²) in [5.41, 5.74) is 1.81. The van der Waals surface area contributed by atoms with Gasteiger partial charge in [-0.3, -0.25) is 4.79 Å². The maximum absolute atomic E-state index is 13.5. The highest BCUT2D eigenvalue weighted by atomic mass is 35.5. The first-order valence-corrected chi connectivity index (χ1v) is 11.2. The smallest absolute Gasteiger partial charge is 0.310 e. The molecule has 5 rings (SSSR count). The Morgan fingerprint density at radius 1 is 1.07 bits per heavy atom. The van der Waals surface area contributed by atoms with E-state index in [9.17, 15) is 4.79 Å². The summed E-state index contributed by atoms with van der Waals surface area (Å²) in [7, 11) is 0. The van der Waals surface area contributed by atoms with Crippen molar-refractivity contribution in [2.45, 2.75) is 12.2 Å². The van der Waals surface area contributed by atoms with Gasteiger partial charge in [-0.1, -0.05) is 29.8 Å². The van der Waals surface area contributed by atoms with Crippen LogP contribution in [-0.2, 0) is 12.2 Å². The quantitative estimate of drug-likeness (QED) is 0.422. The molecule has 0 saturated carbocycles. The van der Waals surface area contributed by atoms with Gasteiger partial charge >= 0.3 is 6.01 Å². The van der Waals surface area contributed by atoms with Gasteiger partial charge in [0.2, 0.25) is 0 Å². The lowest BCUT2D eigenvalue weighted by Crippen LogP contribution is -2.22. The maximum Gasteiger partial charge on any atom is 0.310 e. The monoisotopic (exact) mass is 426 g/mol. The van der Waals surface area contributed by atoms with Crippen LogP contribution in [-0.4, -0.2) is 15.3 Å². The molecule has 1 aliphatic heterocycles. The standard InChI is InChI=1S/C21H15ClN2O2S2/c22-13-6-8-15(9-7-13)26-21-23-19-18(16-10-11-27-12-17(16)28-19)20(25)24(21)14-4-2-1-3-5-14/h1-9H,10-12H2. The van der Waals surface area contributed by atoms with E-state index in [1.165, 1.54) is 4.88 Å². The van der Waals surface area contributed by atoms with Gasteiger partial charge in [-0.15, -0.1) is 11.3 Å². The molecule has 0 atom stereocenters. The van der Waals surface area contributed by atoms with E-state index < -0.39 is 0 Å². The van der Waals surface area contributed by atoms with E-state index in [1.54, 1.807) is 40.2 Å². The molecule has 0 N–H and O–H groups in total. The summed E-state index contributed by atoms with van der Waals surface area (Å²) in [5, 5.41) is 1.35. The number of para-hydroxylation sites is 1. The van der Waals surface area contributed by atoms with Crippen molar-refractivity contribution in [3.8, 4) is 17.4 Å². The lowest BCUT2D eigenvalue weighted by molar-refractivity contribution is 0.428. The van der Waals surface area contributed by atoms with Crippen molar-refractivity contribution < 1.29 is 4.74 Å². The molecule has 0 amide bonds. The Morgan fingerprint density at radius 2 is 1.86 bits per heavy atom. The summed E-state index contributed by atoms with van der Waals surface area (Å²) < 4.78 is 7.60. The number of nitrogens with zero attached hydrogens (tertiary/aromatic N) is 2. The Balaban J connectivity index is 1.75. The molecule has 28 heavy (non-hydrogen) atoms. The first-order chi connectivity index (χ1) is 13.7. The van der Waals surface area contributed by atoms with Crippen LogP contribution in [0.5, 0.6) is 11.8 Å². The Kier molecular flexibility index (Phi) is 4.62. The van der Waals surface area contributed by atoms with E-state index in [-0.39, 0.29) is 11.6 Å². The number of hydrogen-bond donors (Lipinski definition) is 0. The molecule has 2 aromatic carbocycles. The van der Waals surface area contributed by atoms with Gasteiger partial charge < -0.3 is 4.74 Å². The molecule has 0 fully saturated rings. The second-order valence-corrected chi connectivity index (χ2v) is 9.04. The van der Waals surface area contributed by atoms with Crippen molar-refractivity contribution in [1.29, 1.82) is 0 Å². The summed E-state index contributed by atoms with van der Waals surface area (Å²) in [4.78, 5) is 20.3. The summed E-state index contributed by atoms with van der Waals surface area (Å²) in [5.74, 6) is 2.55. The third-order valence-corrected chi connectivity index (χ3v) is 7.19. The lowest BCUT2D eigenvalue weighted by atomic mass is 10.1. The number of rotatable bonds is 3. The third-order valence-electron chi connectivity index (χ3n) is 4.64. The Bertz CT molecular complexity index is 1220. The maximum atomic E-state index is 13.5. The minimum atomic E-state index is -0.0791. The van der Waals surface area contributed by atoms with E-state index in [2.05, 4.69) is 0 Å². The Labute approximate surface area is 174 Å². The second-order valence-electron chi connectivity index (χ2n) is 6.41. The van der Waals surface area contributed by atoms with Crippen LogP contribution in [0, 0.1) is 0 Å². The van der Waals surface area contributed by atoms with Crippen LogP contribution in [0.2, 0.25) is 5.02 Å². The largest absolute Gasteiger partial charge is 0.425 e. The predicted octanol–water partition coefficient (Wildman–Crippen LogP) is 5.68. The van der Waals surface area contributed by atoms with Gasteiger partial charge in [-0.25, -0.2) is 4.57 Å². The highest BCUT2D eigenvalue weighted by Crippen LogP contribution is 2.37. The van der Waals surface area contributed by atoms with Crippen LogP contribution < -0.4 is 10.3 Å². The molecule has 1 aliphatic rings. The summed E-state index contributed by atoms with van der Waals surface area (Å²) >= 11 is 9.47. The highest BCUT2D eigenvalue weighted by Gasteiger charge is 2.23. The van der Waals surface area contributed by atoms with E-state index in [0.717, 1.165) is 39.4 Å². The zero-order chi connectivity index (χ0) is 19.1. The molecule has 0 bridgehead atoms. The fraction of sp³-hybridized carbons (Fsp3) is 0.143. The number of fused-ring (bicyclic) bond motifs is 3. The molecule has 4 nitrogen and oxygen atoms in total. The van der Waals surface area contributed by atoms with Crippen molar-refractivity contribution >= 4 is 44.9 Å². The number of benzene rings is 2. The van der Waals surface area contributed by atoms with Gasteiger partial charge in [0.1, 0.15) is 10.6 Å². The molecular weight excluding hydrogens is 412 g/mol. The molecule has 2 aromatic heterocycles. The summed E-state index contributed by atoms with van der Waals surface area (Å²) in [6, 6.07) is 16.8. The van der Waals surface area contributed by atoms with Gasteiger partial charge in [0, 0.05) is 15.7 Å². The molecule has 0 unspecified atom stereocenters. The van der Waals surface area contributed by atoms with Gasteiger partial charge in [0.15, 0.2) is 0 Å². The zero-order valence-electron chi connectivity index (χ0n) is 14.7. The number of ether oxygens (including phenoxy) is 1. The molecule has 0 spiro atoms. The average Bonchev–Trinajstić information content (AvgIpc) is 3.09. The van der Waals surface area contributed by atoms with Crippen molar-refractivity contribution in [2.24, 2.45) is 0 Å².